The first-order valence-corrected chi connectivity index (χ1v) is 7.51. The Labute approximate surface area is 141 Å². The summed E-state index contributed by atoms with van der Waals surface area (Å²) >= 11 is 0. The lowest BCUT2D eigenvalue weighted by atomic mass is 10.0. The van der Waals surface area contributed by atoms with Crippen LogP contribution in [-0.2, 0) is 6.61 Å². The predicted molar refractivity (Wildman–Crippen MR) is 85.3 cm³/mol. The molecule has 1 aromatic heterocycles. The van der Waals surface area contributed by atoms with Crippen LogP contribution < -0.4 is 10.1 Å². The molecule has 0 saturated heterocycles. The summed E-state index contributed by atoms with van der Waals surface area (Å²) in [6.45, 7) is 2.02. The van der Waals surface area contributed by atoms with E-state index in [9.17, 15) is 13.6 Å². The quantitative estimate of drug-likeness (QED) is 0.762. The van der Waals surface area contributed by atoms with Gasteiger partial charge < -0.3 is 14.6 Å². The van der Waals surface area contributed by atoms with Crippen LogP contribution >= 0.6 is 0 Å². The van der Waals surface area contributed by atoms with E-state index in [1.165, 1.54) is 0 Å². The number of amides is 1. The van der Waals surface area contributed by atoms with Crippen molar-refractivity contribution in [2.75, 3.05) is 5.32 Å². The first-order chi connectivity index (χ1) is 12.0. The zero-order valence-electron chi connectivity index (χ0n) is 13.1. The highest BCUT2D eigenvalue weighted by molar-refractivity contribution is 6.04. The maximum Gasteiger partial charge on any atom is 0.278 e. The van der Waals surface area contributed by atoms with Crippen molar-refractivity contribution in [3.8, 4) is 17.1 Å². The van der Waals surface area contributed by atoms with Crippen LogP contribution in [0.3, 0.4) is 0 Å². The summed E-state index contributed by atoms with van der Waals surface area (Å²) in [6, 6.07) is 8.39. The van der Waals surface area contributed by atoms with Gasteiger partial charge in [-0.1, -0.05) is 16.8 Å². The first kappa shape index (κ1) is 15.3. The lowest BCUT2D eigenvalue weighted by Gasteiger charge is -2.16. The third-order valence-electron chi connectivity index (χ3n) is 3.93. The van der Waals surface area contributed by atoms with Gasteiger partial charge in [-0.2, -0.15) is 0 Å². The average molecular weight is 342 g/mol. The van der Waals surface area contributed by atoms with Gasteiger partial charge in [0.15, 0.2) is 11.5 Å². The van der Waals surface area contributed by atoms with E-state index in [-0.39, 0.29) is 18.0 Å². The van der Waals surface area contributed by atoms with E-state index >= 15 is 0 Å². The van der Waals surface area contributed by atoms with Gasteiger partial charge in [0.05, 0.1) is 16.8 Å². The van der Waals surface area contributed by atoms with E-state index in [2.05, 4.69) is 10.5 Å². The Hall–Kier alpha value is -3.22. The molecule has 1 aliphatic rings. The predicted octanol–water partition coefficient (Wildman–Crippen LogP) is 4.07. The number of hydrogen-bond donors (Lipinski definition) is 1. The SMILES string of the molecule is Cc1ccc2c(c1)-c1onc(C(=O)Nc3cc(F)ccc3F)c1CO2. The van der Waals surface area contributed by atoms with E-state index in [0.29, 0.717) is 22.6 Å². The molecule has 3 aromatic rings. The molecule has 5 nitrogen and oxygen atoms in total. The molecule has 0 unspecified atom stereocenters. The minimum absolute atomic E-state index is 0.0224. The van der Waals surface area contributed by atoms with E-state index in [0.717, 1.165) is 23.8 Å². The van der Waals surface area contributed by atoms with E-state index in [1.807, 2.05) is 25.1 Å². The Bertz CT molecular complexity index is 998. The number of fused-ring (bicyclic) bond motifs is 3. The normalized spacial score (nSPS) is 12.1. The Balaban J connectivity index is 1.69. The van der Waals surface area contributed by atoms with Crippen molar-refractivity contribution >= 4 is 11.6 Å². The fourth-order valence-corrected chi connectivity index (χ4v) is 2.71. The molecule has 7 heteroatoms. The molecule has 2 heterocycles. The van der Waals surface area contributed by atoms with Gasteiger partial charge >= 0.3 is 0 Å². The minimum atomic E-state index is -0.746. The van der Waals surface area contributed by atoms with Gasteiger partial charge in [-0.25, -0.2) is 8.78 Å². The summed E-state index contributed by atoms with van der Waals surface area (Å²) in [4.78, 5) is 12.4. The van der Waals surface area contributed by atoms with Crippen LogP contribution in [-0.4, -0.2) is 11.1 Å². The Kier molecular flexibility index (Phi) is 3.49. The number of carbonyl (C=O) groups excluding carboxylic acids is 1. The second-order valence-corrected chi connectivity index (χ2v) is 5.71. The molecule has 1 amide bonds. The number of ether oxygens (including phenoxy) is 1. The molecular formula is C18H12F2N2O3. The highest BCUT2D eigenvalue weighted by atomic mass is 19.1. The van der Waals surface area contributed by atoms with Crippen LogP contribution in [0.15, 0.2) is 40.9 Å². The first-order valence-electron chi connectivity index (χ1n) is 7.51. The molecule has 1 N–H and O–H groups in total. The molecule has 2 aromatic carbocycles. The number of rotatable bonds is 2. The van der Waals surface area contributed by atoms with Crippen molar-refractivity contribution in [1.82, 2.24) is 5.16 Å². The van der Waals surface area contributed by atoms with Crippen LogP contribution in [0.25, 0.3) is 11.3 Å². The van der Waals surface area contributed by atoms with Crippen LogP contribution in [0.1, 0.15) is 21.6 Å². The van der Waals surface area contributed by atoms with Gasteiger partial charge in [0.25, 0.3) is 5.91 Å². The molecule has 1 aliphatic heterocycles. The maximum absolute atomic E-state index is 13.7. The molecule has 4 rings (SSSR count). The third-order valence-corrected chi connectivity index (χ3v) is 3.93. The summed E-state index contributed by atoms with van der Waals surface area (Å²) in [5.74, 6) is -1.03. The lowest BCUT2D eigenvalue weighted by Crippen LogP contribution is -2.17. The number of nitrogens with zero attached hydrogens (tertiary/aromatic N) is 1. The zero-order chi connectivity index (χ0) is 17.6. The molecule has 126 valence electrons. The number of anilines is 1. The van der Waals surface area contributed by atoms with Gasteiger partial charge in [-0.3, -0.25) is 4.79 Å². The highest BCUT2D eigenvalue weighted by Gasteiger charge is 2.29. The topological polar surface area (TPSA) is 64.4 Å². The third kappa shape index (κ3) is 2.63. The van der Waals surface area contributed by atoms with Gasteiger partial charge in [-0.05, 0) is 31.2 Å². The maximum atomic E-state index is 13.7. The Morgan fingerprint density at radius 3 is 2.88 bits per heavy atom. The number of nitrogens with one attached hydrogen (secondary N) is 1. The molecule has 0 aliphatic carbocycles. The van der Waals surface area contributed by atoms with Crippen molar-refractivity contribution in [2.45, 2.75) is 13.5 Å². The summed E-state index contributed by atoms with van der Waals surface area (Å²) in [5, 5.41) is 6.10. The number of aromatic nitrogens is 1. The summed E-state index contributed by atoms with van der Waals surface area (Å²) in [7, 11) is 0. The molecular weight excluding hydrogens is 330 g/mol. The smallest absolute Gasteiger partial charge is 0.278 e. The second kappa shape index (κ2) is 5.70. The number of halogens is 2. The average Bonchev–Trinajstić information content (AvgIpc) is 3.02. The van der Waals surface area contributed by atoms with Gasteiger partial charge in [0, 0.05) is 6.07 Å². The summed E-state index contributed by atoms with van der Waals surface area (Å²) < 4.78 is 37.9. The van der Waals surface area contributed by atoms with Gasteiger partial charge in [-0.15, -0.1) is 0 Å². The standard InChI is InChI=1S/C18H12F2N2O3/c1-9-2-5-15-11(6-9)17-12(8-24-15)16(22-25-17)18(23)21-14-7-10(19)3-4-13(14)20/h2-7H,8H2,1H3,(H,21,23). The number of benzene rings is 2. The minimum Gasteiger partial charge on any atom is -0.488 e. The zero-order valence-corrected chi connectivity index (χ0v) is 13.1. The Morgan fingerprint density at radius 1 is 1.20 bits per heavy atom. The van der Waals surface area contributed by atoms with Crippen molar-refractivity contribution in [2.24, 2.45) is 0 Å². The van der Waals surface area contributed by atoms with E-state index in [1.54, 1.807) is 0 Å². The molecule has 0 atom stereocenters. The van der Waals surface area contributed by atoms with Crippen LogP contribution in [0.5, 0.6) is 5.75 Å². The molecule has 0 fully saturated rings. The van der Waals surface area contributed by atoms with Crippen molar-refractivity contribution < 1.29 is 22.8 Å². The molecule has 0 saturated carbocycles. The van der Waals surface area contributed by atoms with Crippen LogP contribution in [0.4, 0.5) is 14.5 Å². The number of carbonyl (C=O) groups is 1. The highest BCUT2D eigenvalue weighted by Crippen LogP contribution is 2.39. The molecule has 0 bridgehead atoms. The Morgan fingerprint density at radius 2 is 2.04 bits per heavy atom. The number of aryl methyl sites for hydroxylation is 1. The molecule has 0 spiro atoms. The summed E-state index contributed by atoms with van der Waals surface area (Å²) in [6.07, 6.45) is 0. The second-order valence-electron chi connectivity index (χ2n) is 5.71. The largest absolute Gasteiger partial charge is 0.488 e. The van der Waals surface area contributed by atoms with E-state index < -0.39 is 17.5 Å². The fourth-order valence-electron chi connectivity index (χ4n) is 2.71. The van der Waals surface area contributed by atoms with Crippen molar-refractivity contribution in [3.05, 3.63) is 64.9 Å². The summed E-state index contributed by atoms with van der Waals surface area (Å²) in [5.41, 5.74) is 1.87. The van der Waals surface area contributed by atoms with Crippen molar-refractivity contribution in [1.29, 1.82) is 0 Å². The lowest BCUT2D eigenvalue weighted by molar-refractivity contribution is 0.101. The molecule has 0 radical (unpaired) electrons. The van der Waals surface area contributed by atoms with E-state index in [4.69, 9.17) is 9.26 Å². The van der Waals surface area contributed by atoms with Crippen molar-refractivity contribution in [3.63, 3.8) is 0 Å². The number of hydrogen-bond acceptors (Lipinski definition) is 4. The van der Waals surface area contributed by atoms with Crippen LogP contribution in [0, 0.1) is 18.6 Å². The van der Waals surface area contributed by atoms with Crippen LogP contribution in [0.2, 0.25) is 0 Å². The fraction of sp³-hybridized carbons (Fsp3) is 0.111. The van der Waals surface area contributed by atoms with Gasteiger partial charge in [0.2, 0.25) is 0 Å². The van der Waals surface area contributed by atoms with Gasteiger partial charge in [0.1, 0.15) is 24.0 Å². The molecule has 25 heavy (non-hydrogen) atoms. The monoisotopic (exact) mass is 342 g/mol.